The van der Waals surface area contributed by atoms with Crippen molar-refractivity contribution in [2.45, 2.75) is 25.4 Å². The van der Waals surface area contributed by atoms with E-state index in [9.17, 15) is 4.39 Å². The summed E-state index contributed by atoms with van der Waals surface area (Å²) >= 11 is 2.24. The summed E-state index contributed by atoms with van der Waals surface area (Å²) in [6.45, 7) is 0.511. The Bertz CT molecular complexity index is 596. The van der Waals surface area contributed by atoms with Crippen LogP contribution in [0.1, 0.15) is 18.4 Å². The minimum Gasteiger partial charge on any atom is -0.457 e. The minimum absolute atomic E-state index is 0.221. The maximum absolute atomic E-state index is 14.0. The van der Waals surface area contributed by atoms with E-state index in [0.717, 1.165) is 9.32 Å². The fraction of sp³-hybridized carbons (Fsp3) is 0.250. The van der Waals surface area contributed by atoms with E-state index in [0.29, 0.717) is 23.9 Å². The van der Waals surface area contributed by atoms with E-state index in [1.165, 1.54) is 18.9 Å². The highest BCUT2D eigenvalue weighted by Gasteiger charge is 2.21. The first-order valence-corrected chi connectivity index (χ1v) is 7.74. The van der Waals surface area contributed by atoms with Crippen molar-refractivity contribution >= 4 is 22.6 Å². The van der Waals surface area contributed by atoms with Gasteiger partial charge < -0.3 is 10.1 Å². The SMILES string of the molecule is Fc1cccc(Oc2ccc(I)cc2)c1CNC1CC1. The quantitative estimate of drug-likeness (QED) is 0.770. The molecule has 0 aromatic heterocycles. The normalized spacial score (nSPS) is 14.3. The van der Waals surface area contributed by atoms with Crippen LogP contribution < -0.4 is 10.1 Å². The lowest BCUT2D eigenvalue weighted by atomic mass is 10.2. The standard InChI is InChI=1S/C16H15FINO/c17-15-2-1-3-16(14(15)10-19-12-6-7-12)20-13-8-4-11(18)5-9-13/h1-5,8-9,12,19H,6-7,10H2. The van der Waals surface area contributed by atoms with Crippen LogP contribution in [-0.2, 0) is 6.54 Å². The fourth-order valence-electron chi connectivity index (χ4n) is 1.97. The summed E-state index contributed by atoms with van der Waals surface area (Å²) in [5, 5.41) is 3.33. The van der Waals surface area contributed by atoms with Crippen LogP contribution in [-0.4, -0.2) is 6.04 Å². The van der Waals surface area contributed by atoms with Gasteiger partial charge in [-0.1, -0.05) is 6.07 Å². The van der Waals surface area contributed by atoms with Crippen LogP contribution in [0.2, 0.25) is 0 Å². The molecule has 0 atom stereocenters. The topological polar surface area (TPSA) is 21.3 Å². The summed E-state index contributed by atoms with van der Waals surface area (Å²) in [6, 6.07) is 13.2. The molecule has 0 saturated heterocycles. The van der Waals surface area contributed by atoms with Gasteiger partial charge in [-0.2, -0.15) is 0 Å². The Morgan fingerprint density at radius 2 is 1.90 bits per heavy atom. The van der Waals surface area contributed by atoms with Crippen molar-refractivity contribution in [1.82, 2.24) is 5.32 Å². The average Bonchev–Trinajstić information content (AvgIpc) is 3.25. The zero-order valence-corrected chi connectivity index (χ0v) is 13.1. The molecule has 2 nitrogen and oxygen atoms in total. The number of nitrogens with one attached hydrogen (secondary N) is 1. The Morgan fingerprint density at radius 1 is 1.15 bits per heavy atom. The molecule has 0 heterocycles. The molecule has 1 aliphatic rings. The summed E-state index contributed by atoms with van der Waals surface area (Å²) < 4.78 is 20.9. The van der Waals surface area contributed by atoms with Crippen molar-refractivity contribution in [2.24, 2.45) is 0 Å². The van der Waals surface area contributed by atoms with Crippen LogP contribution >= 0.6 is 22.6 Å². The van der Waals surface area contributed by atoms with Gasteiger partial charge in [0.25, 0.3) is 0 Å². The van der Waals surface area contributed by atoms with E-state index in [1.807, 2.05) is 30.3 Å². The largest absolute Gasteiger partial charge is 0.457 e. The third-order valence-electron chi connectivity index (χ3n) is 3.26. The number of ether oxygens (including phenoxy) is 1. The molecular weight excluding hydrogens is 368 g/mol. The first kappa shape index (κ1) is 13.8. The predicted octanol–water partition coefficient (Wildman–Crippen LogP) is 4.47. The van der Waals surface area contributed by atoms with Crippen molar-refractivity contribution in [3.63, 3.8) is 0 Å². The van der Waals surface area contributed by atoms with Crippen LogP contribution in [0, 0.1) is 9.39 Å². The molecule has 0 spiro atoms. The third-order valence-corrected chi connectivity index (χ3v) is 3.98. The average molecular weight is 383 g/mol. The molecule has 1 N–H and O–H groups in total. The van der Waals surface area contributed by atoms with E-state index < -0.39 is 0 Å². The van der Waals surface area contributed by atoms with Crippen molar-refractivity contribution in [3.8, 4) is 11.5 Å². The van der Waals surface area contributed by atoms with Crippen molar-refractivity contribution in [1.29, 1.82) is 0 Å². The number of rotatable bonds is 5. The Morgan fingerprint density at radius 3 is 2.60 bits per heavy atom. The van der Waals surface area contributed by atoms with Gasteiger partial charge in [-0.3, -0.25) is 0 Å². The zero-order chi connectivity index (χ0) is 13.9. The van der Waals surface area contributed by atoms with E-state index in [1.54, 1.807) is 6.07 Å². The monoisotopic (exact) mass is 383 g/mol. The van der Waals surface area contributed by atoms with E-state index in [2.05, 4.69) is 27.9 Å². The Hall–Kier alpha value is -1.14. The number of hydrogen-bond donors (Lipinski definition) is 1. The zero-order valence-electron chi connectivity index (χ0n) is 10.9. The lowest BCUT2D eigenvalue weighted by Gasteiger charge is -2.12. The van der Waals surface area contributed by atoms with Crippen LogP contribution in [0.25, 0.3) is 0 Å². The molecule has 20 heavy (non-hydrogen) atoms. The predicted molar refractivity (Wildman–Crippen MR) is 85.5 cm³/mol. The summed E-state index contributed by atoms with van der Waals surface area (Å²) in [6.07, 6.45) is 2.36. The third kappa shape index (κ3) is 3.49. The molecule has 0 bridgehead atoms. The highest BCUT2D eigenvalue weighted by Crippen LogP contribution is 2.28. The number of hydrogen-bond acceptors (Lipinski definition) is 2. The van der Waals surface area contributed by atoms with E-state index in [4.69, 9.17) is 4.74 Å². The lowest BCUT2D eigenvalue weighted by molar-refractivity contribution is 0.461. The number of benzene rings is 2. The second kappa shape index (κ2) is 6.10. The molecule has 104 valence electrons. The van der Waals surface area contributed by atoms with Gasteiger partial charge in [0.2, 0.25) is 0 Å². The smallest absolute Gasteiger partial charge is 0.134 e. The maximum Gasteiger partial charge on any atom is 0.134 e. The molecule has 1 fully saturated rings. The van der Waals surface area contributed by atoms with Crippen LogP contribution in [0.15, 0.2) is 42.5 Å². The highest BCUT2D eigenvalue weighted by atomic mass is 127. The number of halogens is 2. The maximum atomic E-state index is 14.0. The Balaban J connectivity index is 1.80. The molecule has 0 unspecified atom stereocenters. The van der Waals surface area contributed by atoms with Gasteiger partial charge in [0.05, 0.1) is 0 Å². The summed E-state index contributed by atoms with van der Waals surface area (Å²) in [4.78, 5) is 0. The highest BCUT2D eigenvalue weighted by molar-refractivity contribution is 14.1. The molecule has 1 saturated carbocycles. The van der Waals surface area contributed by atoms with Gasteiger partial charge in [-0.25, -0.2) is 4.39 Å². The van der Waals surface area contributed by atoms with E-state index >= 15 is 0 Å². The second-order valence-corrected chi connectivity index (χ2v) is 6.17. The van der Waals surface area contributed by atoms with Crippen molar-refractivity contribution in [2.75, 3.05) is 0 Å². The summed E-state index contributed by atoms with van der Waals surface area (Å²) in [7, 11) is 0. The van der Waals surface area contributed by atoms with Crippen LogP contribution in [0.3, 0.4) is 0 Å². The van der Waals surface area contributed by atoms with Gasteiger partial charge in [0.1, 0.15) is 17.3 Å². The molecule has 2 aromatic carbocycles. The second-order valence-electron chi connectivity index (χ2n) is 4.93. The molecule has 0 aliphatic heterocycles. The van der Waals surface area contributed by atoms with Crippen molar-refractivity contribution < 1.29 is 9.13 Å². The molecule has 4 heteroatoms. The van der Waals surface area contributed by atoms with Crippen LogP contribution in [0.5, 0.6) is 11.5 Å². The Labute approximate surface area is 131 Å². The first-order valence-electron chi connectivity index (χ1n) is 6.66. The first-order chi connectivity index (χ1) is 9.72. The fourth-order valence-corrected chi connectivity index (χ4v) is 2.33. The minimum atomic E-state index is -0.221. The molecule has 1 aliphatic carbocycles. The summed E-state index contributed by atoms with van der Waals surface area (Å²) in [5.74, 6) is 1.09. The molecule has 0 amide bonds. The van der Waals surface area contributed by atoms with E-state index in [-0.39, 0.29) is 5.82 Å². The lowest BCUT2D eigenvalue weighted by Crippen LogP contribution is -2.16. The van der Waals surface area contributed by atoms with Gasteiger partial charge >= 0.3 is 0 Å². The van der Waals surface area contributed by atoms with Crippen molar-refractivity contribution in [3.05, 3.63) is 57.4 Å². The van der Waals surface area contributed by atoms with Gasteiger partial charge in [-0.15, -0.1) is 0 Å². The molecular formula is C16H15FINO. The molecule has 0 radical (unpaired) electrons. The van der Waals surface area contributed by atoms with Crippen LogP contribution in [0.4, 0.5) is 4.39 Å². The van der Waals surface area contributed by atoms with Gasteiger partial charge in [0.15, 0.2) is 0 Å². The summed E-state index contributed by atoms with van der Waals surface area (Å²) in [5.41, 5.74) is 0.595. The molecule has 2 aromatic rings. The Kier molecular flexibility index (Phi) is 4.21. The molecule has 3 rings (SSSR count). The van der Waals surface area contributed by atoms with Gasteiger partial charge in [-0.05, 0) is 71.8 Å². The van der Waals surface area contributed by atoms with Gasteiger partial charge in [0, 0.05) is 21.7 Å².